The monoisotopic (exact) mass is 343 g/mol. The maximum Gasteiger partial charge on any atom is 0.231 e. The van der Waals surface area contributed by atoms with Crippen molar-refractivity contribution in [2.24, 2.45) is 5.92 Å². The molecular formula is C18H21N3O2S. The van der Waals surface area contributed by atoms with Gasteiger partial charge in [0.2, 0.25) is 11.8 Å². The molecule has 0 aliphatic carbocycles. The Hall–Kier alpha value is -2.21. The lowest BCUT2D eigenvalue weighted by Gasteiger charge is -2.31. The molecule has 24 heavy (non-hydrogen) atoms. The highest BCUT2D eigenvalue weighted by atomic mass is 32.1. The van der Waals surface area contributed by atoms with Gasteiger partial charge in [0, 0.05) is 29.4 Å². The lowest BCUT2D eigenvalue weighted by atomic mass is 10.1. The van der Waals surface area contributed by atoms with Gasteiger partial charge in [0.05, 0.1) is 11.6 Å². The minimum absolute atomic E-state index is 0.0340. The fourth-order valence-corrected chi connectivity index (χ4v) is 3.53. The third-order valence-corrected chi connectivity index (χ3v) is 4.87. The predicted octanol–water partition coefficient (Wildman–Crippen LogP) is 3.40. The number of hydrogen-bond acceptors (Lipinski definition) is 4. The van der Waals surface area contributed by atoms with E-state index in [1.165, 1.54) is 11.3 Å². The number of amides is 2. The number of aromatic nitrogens is 1. The highest BCUT2D eigenvalue weighted by Crippen LogP contribution is 2.28. The average molecular weight is 343 g/mol. The third-order valence-electron chi connectivity index (χ3n) is 4.11. The molecule has 2 aromatic rings. The first kappa shape index (κ1) is 16.6. The quantitative estimate of drug-likeness (QED) is 0.929. The molecule has 2 heterocycles. The number of benzene rings is 1. The summed E-state index contributed by atoms with van der Waals surface area (Å²) in [6.45, 7) is 6.42. The molecule has 1 atom stereocenters. The Morgan fingerprint density at radius 2 is 2.00 bits per heavy atom. The number of nitrogens with one attached hydrogen (secondary N) is 1. The van der Waals surface area contributed by atoms with Gasteiger partial charge in [0.15, 0.2) is 5.13 Å². The molecule has 5 nitrogen and oxygen atoms in total. The molecule has 1 aromatic carbocycles. The predicted molar refractivity (Wildman–Crippen MR) is 95.8 cm³/mol. The second-order valence-electron chi connectivity index (χ2n) is 6.97. The molecule has 1 aromatic heterocycles. The molecule has 0 spiro atoms. The van der Waals surface area contributed by atoms with Crippen molar-refractivity contribution in [3.05, 3.63) is 35.7 Å². The number of thiazole rings is 1. The van der Waals surface area contributed by atoms with Crippen LogP contribution in [0.4, 0.5) is 5.13 Å². The molecule has 126 valence electrons. The van der Waals surface area contributed by atoms with E-state index in [1.54, 1.807) is 4.90 Å². The van der Waals surface area contributed by atoms with Crippen LogP contribution in [0.3, 0.4) is 0 Å². The molecule has 0 bridgehead atoms. The van der Waals surface area contributed by atoms with Crippen LogP contribution in [0.1, 0.15) is 27.2 Å². The van der Waals surface area contributed by atoms with Crippen LogP contribution in [0.5, 0.6) is 0 Å². The minimum atomic E-state index is -0.319. The summed E-state index contributed by atoms with van der Waals surface area (Å²) in [5.41, 5.74) is 1.60. The van der Waals surface area contributed by atoms with E-state index in [0.29, 0.717) is 11.7 Å². The first-order chi connectivity index (χ1) is 11.3. The Labute approximate surface area is 145 Å². The van der Waals surface area contributed by atoms with Crippen molar-refractivity contribution < 1.29 is 9.59 Å². The Morgan fingerprint density at radius 1 is 1.29 bits per heavy atom. The first-order valence-electron chi connectivity index (χ1n) is 7.97. The normalized spacial score (nSPS) is 18.0. The minimum Gasteiger partial charge on any atom is -0.337 e. The van der Waals surface area contributed by atoms with E-state index in [9.17, 15) is 9.59 Å². The Balaban J connectivity index is 1.66. The summed E-state index contributed by atoms with van der Waals surface area (Å²) in [6.07, 6.45) is 0.264. The van der Waals surface area contributed by atoms with Crippen molar-refractivity contribution in [2.75, 3.05) is 11.9 Å². The van der Waals surface area contributed by atoms with E-state index >= 15 is 0 Å². The van der Waals surface area contributed by atoms with E-state index < -0.39 is 0 Å². The topological polar surface area (TPSA) is 62.3 Å². The molecule has 1 aliphatic rings. The highest BCUT2D eigenvalue weighted by molar-refractivity contribution is 7.14. The molecule has 1 N–H and O–H groups in total. The van der Waals surface area contributed by atoms with Gasteiger partial charge in [-0.1, -0.05) is 30.3 Å². The van der Waals surface area contributed by atoms with Crippen LogP contribution >= 0.6 is 11.3 Å². The van der Waals surface area contributed by atoms with Gasteiger partial charge in [-0.25, -0.2) is 4.98 Å². The summed E-state index contributed by atoms with van der Waals surface area (Å²) in [7, 11) is 0. The number of rotatable bonds is 3. The van der Waals surface area contributed by atoms with Crippen molar-refractivity contribution in [2.45, 2.75) is 32.7 Å². The molecular weight excluding hydrogens is 322 g/mol. The number of carbonyl (C=O) groups is 2. The van der Waals surface area contributed by atoms with Gasteiger partial charge in [-0.2, -0.15) is 0 Å². The van der Waals surface area contributed by atoms with Crippen molar-refractivity contribution >= 4 is 28.3 Å². The lowest BCUT2D eigenvalue weighted by Crippen LogP contribution is -2.42. The summed E-state index contributed by atoms with van der Waals surface area (Å²) >= 11 is 1.40. The van der Waals surface area contributed by atoms with E-state index in [-0.39, 0.29) is 29.7 Å². The zero-order chi connectivity index (χ0) is 17.3. The fourth-order valence-electron chi connectivity index (χ4n) is 2.81. The van der Waals surface area contributed by atoms with Crippen molar-refractivity contribution in [3.8, 4) is 11.3 Å². The molecule has 0 radical (unpaired) electrons. The summed E-state index contributed by atoms with van der Waals surface area (Å²) in [5, 5.41) is 5.35. The Bertz CT molecular complexity index is 749. The van der Waals surface area contributed by atoms with Crippen LogP contribution in [0.2, 0.25) is 0 Å². The Morgan fingerprint density at radius 3 is 2.62 bits per heavy atom. The molecule has 1 fully saturated rings. The number of likely N-dealkylation sites (tertiary alicyclic amines) is 1. The van der Waals surface area contributed by atoms with Crippen molar-refractivity contribution in [1.29, 1.82) is 0 Å². The van der Waals surface area contributed by atoms with E-state index in [2.05, 4.69) is 10.3 Å². The van der Waals surface area contributed by atoms with Gasteiger partial charge in [0.1, 0.15) is 0 Å². The molecule has 1 saturated heterocycles. The maximum absolute atomic E-state index is 12.5. The molecule has 0 saturated carbocycles. The summed E-state index contributed by atoms with van der Waals surface area (Å²) in [4.78, 5) is 30.8. The first-order valence-corrected chi connectivity index (χ1v) is 8.85. The smallest absolute Gasteiger partial charge is 0.231 e. The lowest BCUT2D eigenvalue weighted by molar-refractivity contribution is -0.131. The van der Waals surface area contributed by atoms with Crippen molar-refractivity contribution in [1.82, 2.24) is 9.88 Å². The number of anilines is 1. The van der Waals surface area contributed by atoms with Gasteiger partial charge in [0.25, 0.3) is 0 Å². The summed E-state index contributed by atoms with van der Waals surface area (Å²) in [5.74, 6) is -0.420. The third kappa shape index (κ3) is 3.48. The van der Waals surface area contributed by atoms with Crippen LogP contribution in [-0.2, 0) is 9.59 Å². The Kier molecular flexibility index (Phi) is 4.41. The van der Waals surface area contributed by atoms with E-state index in [0.717, 1.165) is 11.3 Å². The van der Waals surface area contributed by atoms with E-state index in [4.69, 9.17) is 0 Å². The maximum atomic E-state index is 12.5. The largest absolute Gasteiger partial charge is 0.337 e. The van der Waals surface area contributed by atoms with Gasteiger partial charge in [-0.05, 0) is 20.8 Å². The molecule has 0 unspecified atom stereocenters. The van der Waals surface area contributed by atoms with Crippen LogP contribution < -0.4 is 5.32 Å². The molecule has 1 aliphatic heterocycles. The summed E-state index contributed by atoms with van der Waals surface area (Å²) in [6, 6.07) is 9.84. The number of carbonyl (C=O) groups excluding carboxylic acids is 2. The van der Waals surface area contributed by atoms with E-state index in [1.807, 2.05) is 56.5 Å². The van der Waals surface area contributed by atoms with Crippen LogP contribution in [0, 0.1) is 5.92 Å². The molecule has 6 heteroatoms. The highest BCUT2D eigenvalue weighted by Gasteiger charge is 2.39. The SMILES string of the molecule is CC(C)(C)N1C[C@H](C(=O)Nc2nc(-c3ccccc3)cs2)CC1=O. The van der Waals surface area contributed by atoms with Crippen molar-refractivity contribution in [3.63, 3.8) is 0 Å². The molecule has 2 amide bonds. The zero-order valence-corrected chi connectivity index (χ0v) is 14.9. The van der Waals surface area contributed by atoms with Crippen LogP contribution in [0.15, 0.2) is 35.7 Å². The van der Waals surface area contributed by atoms with Gasteiger partial charge in [-0.15, -0.1) is 11.3 Å². The average Bonchev–Trinajstić information content (AvgIpc) is 3.14. The fraction of sp³-hybridized carbons (Fsp3) is 0.389. The second kappa shape index (κ2) is 6.36. The second-order valence-corrected chi connectivity index (χ2v) is 7.83. The standard InChI is InChI=1S/C18H21N3O2S/c1-18(2,3)21-10-13(9-15(21)22)16(23)20-17-19-14(11-24-17)12-7-5-4-6-8-12/h4-8,11,13H,9-10H2,1-3H3,(H,19,20,23)/t13-/m1/s1. The van der Waals surface area contributed by atoms with Crippen LogP contribution in [-0.4, -0.2) is 33.8 Å². The molecule has 3 rings (SSSR count). The zero-order valence-electron chi connectivity index (χ0n) is 14.1. The number of hydrogen-bond donors (Lipinski definition) is 1. The summed E-state index contributed by atoms with van der Waals surface area (Å²) < 4.78 is 0. The van der Waals surface area contributed by atoms with Crippen LogP contribution in [0.25, 0.3) is 11.3 Å². The van der Waals surface area contributed by atoms with Gasteiger partial charge >= 0.3 is 0 Å². The van der Waals surface area contributed by atoms with Gasteiger partial charge in [-0.3, -0.25) is 9.59 Å². The number of nitrogens with zero attached hydrogens (tertiary/aromatic N) is 2. The van der Waals surface area contributed by atoms with Gasteiger partial charge < -0.3 is 10.2 Å².